The number of pyridine rings is 1. The summed E-state index contributed by atoms with van der Waals surface area (Å²) in [6.07, 6.45) is 5.49. The van der Waals surface area contributed by atoms with Crippen molar-refractivity contribution in [2.24, 2.45) is 5.41 Å². The zero-order chi connectivity index (χ0) is 13.9. The molecule has 19 heavy (non-hydrogen) atoms. The van der Waals surface area contributed by atoms with E-state index in [1.807, 2.05) is 0 Å². The molecule has 0 unspecified atom stereocenters. The quantitative estimate of drug-likeness (QED) is 0.841. The van der Waals surface area contributed by atoms with Crippen LogP contribution < -0.4 is 5.32 Å². The number of rotatable bonds is 4. The molecule has 0 aromatic carbocycles. The molecule has 2 N–H and O–H groups in total. The van der Waals surface area contributed by atoms with E-state index < -0.39 is 0 Å². The van der Waals surface area contributed by atoms with Crippen LogP contribution in [0, 0.1) is 5.41 Å². The average Bonchev–Trinajstić information content (AvgIpc) is 2.89. The fraction of sp³-hybridized carbons (Fsp3) is 0.538. The Labute approximate surface area is 122 Å². The second kappa shape index (κ2) is 6.07. The van der Waals surface area contributed by atoms with Crippen molar-refractivity contribution in [3.8, 4) is 0 Å². The summed E-state index contributed by atoms with van der Waals surface area (Å²) in [5, 5.41) is 12.8. The molecule has 1 aliphatic carbocycles. The molecule has 1 aromatic rings. The van der Waals surface area contributed by atoms with Gasteiger partial charge in [0.2, 0.25) is 0 Å². The van der Waals surface area contributed by atoms with Gasteiger partial charge in [0.15, 0.2) is 0 Å². The third-order valence-electron chi connectivity index (χ3n) is 3.68. The summed E-state index contributed by atoms with van der Waals surface area (Å²) in [6, 6.07) is 1.49. The third kappa shape index (κ3) is 3.38. The molecule has 2 rings (SSSR count). The van der Waals surface area contributed by atoms with Crippen LogP contribution in [0.4, 0.5) is 0 Å². The monoisotopic (exact) mass is 302 g/mol. The third-order valence-corrected chi connectivity index (χ3v) is 4.37. The second-order valence-corrected chi connectivity index (χ2v) is 5.81. The molecule has 1 amide bonds. The SMILES string of the molecule is O=C(NCC1(CO)CCCC1)c1cnc(Cl)c(Cl)c1. The van der Waals surface area contributed by atoms with Crippen molar-refractivity contribution in [2.75, 3.05) is 13.2 Å². The maximum absolute atomic E-state index is 12.0. The van der Waals surface area contributed by atoms with Crippen molar-refractivity contribution in [1.29, 1.82) is 0 Å². The summed E-state index contributed by atoms with van der Waals surface area (Å²) in [7, 11) is 0. The van der Waals surface area contributed by atoms with Gasteiger partial charge in [-0.05, 0) is 18.9 Å². The number of aromatic nitrogens is 1. The van der Waals surface area contributed by atoms with Crippen LogP contribution in [0.2, 0.25) is 10.2 Å². The number of carbonyl (C=O) groups is 1. The lowest BCUT2D eigenvalue weighted by Crippen LogP contribution is -2.38. The number of aliphatic hydroxyl groups is 1. The molecule has 1 fully saturated rings. The highest BCUT2D eigenvalue weighted by molar-refractivity contribution is 6.41. The molecule has 1 heterocycles. The first-order chi connectivity index (χ1) is 9.06. The van der Waals surface area contributed by atoms with Gasteiger partial charge in [-0.3, -0.25) is 4.79 Å². The van der Waals surface area contributed by atoms with E-state index in [4.69, 9.17) is 23.2 Å². The predicted octanol–water partition coefficient (Wildman–Crippen LogP) is 2.67. The Morgan fingerprint density at radius 1 is 1.42 bits per heavy atom. The first kappa shape index (κ1) is 14.6. The number of nitrogens with zero attached hydrogens (tertiary/aromatic N) is 1. The van der Waals surface area contributed by atoms with Crippen LogP contribution in [-0.4, -0.2) is 29.1 Å². The van der Waals surface area contributed by atoms with Crippen LogP contribution in [0.1, 0.15) is 36.0 Å². The molecule has 0 aliphatic heterocycles. The number of hydrogen-bond acceptors (Lipinski definition) is 3. The van der Waals surface area contributed by atoms with Gasteiger partial charge < -0.3 is 10.4 Å². The molecule has 1 aliphatic rings. The standard InChI is InChI=1S/C13H16Cl2N2O2/c14-10-5-9(6-16-11(10)15)12(19)17-7-13(8-18)3-1-2-4-13/h5-6,18H,1-4,7-8H2,(H,17,19). The number of halogens is 2. The fourth-order valence-corrected chi connectivity index (χ4v) is 2.70. The molecule has 0 saturated heterocycles. The van der Waals surface area contributed by atoms with Crippen molar-refractivity contribution in [2.45, 2.75) is 25.7 Å². The van der Waals surface area contributed by atoms with Crippen molar-refractivity contribution >= 4 is 29.1 Å². The lowest BCUT2D eigenvalue weighted by Gasteiger charge is -2.26. The first-order valence-electron chi connectivity index (χ1n) is 6.26. The van der Waals surface area contributed by atoms with E-state index in [0.717, 1.165) is 25.7 Å². The normalized spacial score (nSPS) is 17.4. The van der Waals surface area contributed by atoms with E-state index in [2.05, 4.69) is 10.3 Å². The minimum atomic E-state index is -0.245. The van der Waals surface area contributed by atoms with Crippen LogP contribution in [-0.2, 0) is 0 Å². The molecule has 4 nitrogen and oxygen atoms in total. The predicted molar refractivity (Wildman–Crippen MR) is 74.6 cm³/mol. The summed E-state index contributed by atoms with van der Waals surface area (Å²) in [5.74, 6) is -0.245. The minimum Gasteiger partial charge on any atom is -0.396 e. The molecule has 1 aromatic heterocycles. The Morgan fingerprint density at radius 3 is 2.68 bits per heavy atom. The Morgan fingerprint density at radius 2 is 2.11 bits per heavy atom. The molecular weight excluding hydrogens is 287 g/mol. The van der Waals surface area contributed by atoms with Gasteiger partial charge in [-0.25, -0.2) is 4.98 Å². The molecular formula is C13H16Cl2N2O2. The van der Waals surface area contributed by atoms with Crippen LogP contribution in [0.25, 0.3) is 0 Å². The van der Waals surface area contributed by atoms with E-state index in [1.165, 1.54) is 12.3 Å². The highest BCUT2D eigenvalue weighted by Gasteiger charge is 2.33. The van der Waals surface area contributed by atoms with Crippen molar-refractivity contribution < 1.29 is 9.90 Å². The summed E-state index contributed by atoms with van der Waals surface area (Å²) < 4.78 is 0. The van der Waals surface area contributed by atoms with Crippen molar-refractivity contribution in [1.82, 2.24) is 10.3 Å². The molecule has 104 valence electrons. The molecule has 0 atom stereocenters. The minimum absolute atomic E-state index is 0.104. The number of hydrogen-bond donors (Lipinski definition) is 2. The van der Waals surface area contributed by atoms with E-state index in [-0.39, 0.29) is 28.1 Å². The maximum atomic E-state index is 12.0. The van der Waals surface area contributed by atoms with Gasteiger partial charge >= 0.3 is 0 Å². The van der Waals surface area contributed by atoms with Gasteiger partial charge in [0, 0.05) is 18.2 Å². The Balaban J connectivity index is 1.99. The summed E-state index contributed by atoms with van der Waals surface area (Å²) in [4.78, 5) is 15.8. The van der Waals surface area contributed by atoms with Crippen molar-refractivity contribution in [3.05, 3.63) is 28.0 Å². The highest BCUT2D eigenvalue weighted by atomic mass is 35.5. The largest absolute Gasteiger partial charge is 0.396 e. The number of carbonyl (C=O) groups excluding carboxylic acids is 1. The fourth-order valence-electron chi connectivity index (χ4n) is 2.43. The van der Waals surface area contributed by atoms with Gasteiger partial charge in [-0.2, -0.15) is 0 Å². The van der Waals surface area contributed by atoms with E-state index in [0.29, 0.717) is 12.1 Å². The van der Waals surface area contributed by atoms with Crippen molar-refractivity contribution in [3.63, 3.8) is 0 Å². The van der Waals surface area contributed by atoms with Gasteiger partial charge in [-0.1, -0.05) is 36.0 Å². The van der Waals surface area contributed by atoms with Gasteiger partial charge in [0.1, 0.15) is 5.15 Å². The first-order valence-corrected chi connectivity index (χ1v) is 7.02. The smallest absolute Gasteiger partial charge is 0.252 e. The van der Waals surface area contributed by atoms with Gasteiger partial charge in [-0.15, -0.1) is 0 Å². The number of nitrogens with one attached hydrogen (secondary N) is 1. The Kier molecular flexibility index (Phi) is 4.66. The second-order valence-electron chi connectivity index (χ2n) is 5.04. The molecule has 0 bridgehead atoms. The summed E-state index contributed by atoms with van der Waals surface area (Å²) in [6.45, 7) is 0.579. The maximum Gasteiger partial charge on any atom is 0.252 e. The topological polar surface area (TPSA) is 62.2 Å². The van der Waals surface area contributed by atoms with E-state index in [1.54, 1.807) is 0 Å². The zero-order valence-electron chi connectivity index (χ0n) is 10.5. The zero-order valence-corrected chi connectivity index (χ0v) is 12.0. The lowest BCUT2D eigenvalue weighted by molar-refractivity contribution is 0.0880. The van der Waals surface area contributed by atoms with E-state index in [9.17, 15) is 9.90 Å². The molecule has 6 heteroatoms. The number of amides is 1. The van der Waals surface area contributed by atoms with E-state index >= 15 is 0 Å². The summed E-state index contributed by atoms with van der Waals surface area (Å²) >= 11 is 11.5. The molecule has 0 radical (unpaired) electrons. The highest BCUT2D eigenvalue weighted by Crippen LogP contribution is 2.36. The van der Waals surface area contributed by atoms with Crippen LogP contribution in [0.5, 0.6) is 0 Å². The molecule has 0 spiro atoms. The summed E-state index contributed by atoms with van der Waals surface area (Å²) in [5.41, 5.74) is 0.208. The van der Waals surface area contributed by atoms with Crippen LogP contribution in [0.3, 0.4) is 0 Å². The Hall–Kier alpha value is -0.840. The van der Waals surface area contributed by atoms with Gasteiger partial charge in [0.05, 0.1) is 17.2 Å². The lowest BCUT2D eigenvalue weighted by atomic mass is 9.87. The Bertz CT molecular complexity index is 474. The van der Waals surface area contributed by atoms with Gasteiger partial charge in [0.25, 0.3) is 5.91 Å². The average molecular weight is 303 g/mol. The van der Waals surface area contributed by atoms with Crippen LogP contribution in [0.15, 0.2) is 12.3 Å². The van der Waals surface area contributed by atoms with Crippen LogP contribution >= 0.6 is 23.2 Å². The number of aliphatic hydroxyl groups excluding tert-OH is 1. The molecule has 1 saturated carbocycles.